The standard InChI is InChI=1S/C9H13N/c1-6-5-7(2)10-9(4)8(6)3/h5H,1-4H3/i5D. The molecule has 0 saturated carbocycles. The van der Waals surface area contributed by atoms with E-state index in [2.05, 4.69) is 4.98 Å². The van der Waals surface area contributed by atoms with E-state index in [-0.39, 0.29) is 0 Å². The lowest BCUT2D eigenvalue weighted by Gasteiger charge is -2.03. The van der Waals surface area contributed by atoms with E-state index in [9.17, 15) is 0 Å². The lowest BCUT2D eigenvalue weighted by molar-refractivity contribution is 1.07. The molecule has 1 aromatic heterocycles. The Bertz CT molecular complexity index is 266. The molecule has 0 aliphatic carbocycles. The Balaban J connectivity index is 3.46. The van der Waals surface area contributed by atoms with Crippen LogP contribution >= 0.6 is 0 Å². The summed E-state index contributed by atoms with van der Waals surface area (Å²) in [6.45, 7) is 7.84. The largest absolute Gasteiger partial charge is 0.258 e. The molecule has 1 nitrogen and oxygen atoms in total. The van der Waals surface area contributed by atoms with Crippen LogP contribution in [0, 0.1) is 27.7 Å². The van der Waals surface area contributed by atoms with Gasteiger partial charge in [-0.3, -0.25) is 4.98 Å². The van der Waals surface area contributed by atoms with E-state index in [1.807, 2.05) is 27.7 Å². The van der Waals surface area contributed by atoms with E-state index in [0.717, 1.165) is 22.5 Å². The molecule has 0 bridgehead atoms. The Kier molecular flexibility index (Phi) is 1.42. The van der Waals surface area contributed by atoms with Crippen LogP contribution in [0.3, 0.4) is 0 Å². The van der Waals surface area contributed by atoms with Crippen LogP contribution in [-0.2, 0) is 0 Å². The minimum atomic E-state index is 0.577. The van der Waals surface area contributed by atoms with Crippen molar-refractivity contribution < 1.29 is 1.37 Å². The molecule has 0 spiro atoms. The second-order valence-corrected chi connectivity index (χ2v) is 2.66. The fourth-order valence-electron chi connectivity index (χ4n) is 1.000. The second-order valence-electron chi connectivity index (χ2n) is 2.66. The van der Waals surface area contributed by atoms with Crippen molar-refractivity contribution in [2.75, 3.05) is 0 Å². The highest BCUT2D eigenvalue weighted by atomic mass is 14.7. The summed E-state index contributed by atoms with van der Waals surface area (Å²) in [5.41, 5.74) is 4.05. The van der Waals surface area contributed by atoms with Crippen molar-refractivity contribution in [3.8, 4) is 0 Å². The van der Waals surface area contributed by atoms with Crippen LogP contribution in [-0.4, -0.2) is 4.98 Å². The van der Waals surface area contributed by atoms with Crippen LogP contribution < -0.4 is 0 Å². The van der Waals surface area contributed by atoms with Gasteiger partial charge >= 0.3 is 0 Å². The molecule has 1 rings (SSSR count). The average Bonchev–Trinajstić information content (AvgIpc) is 1.97. The van der Waals surface area contributed by atoms with E-state index in [1.165, 1.54) is 0 Å². The van der Waals surface area contributed by atoms with Gasteiger partial charge in [-0.2, -0.15) is 0 Å². The fraction of sp³-hybridized carbons (Fsp3) is 0.444. The SMILES string of the molecule is [2H]c1c(C)nc(C)c(C)c1C. The van der Waals surface area contributed by atoms with Gasteiger partial charge in [0.15, 0.2) is 0 Å². The van der Waals surface area contributed by atoms with Gasteiger partial charge in [-0.05, 0) is 44.9 Å². The van der Waals surface area contributed by atoms with Gasteiger partial charge in [0, 0.05) is 11.4 Å². The summed E-state index contributed by atoms with van der Waals surface area (Å²) in [5, 5.41) is 0. The molecule has 10 heavy (non-hydrogen) atoms. The van der Waals surface area contributed by atoms with Gasteiger partial charge in [0.05, 0.1) is 1.37 Å². The van der Waals surface area contributed by atoms with Gasteiger partial charge in [0.1, 0.15) is 0 Å². The van der Waals surface area contributed by atoms with Crippen molar-refractivity contribution in [3.05, 3.63) is 28.6 Å². The third-order valence-corrected chi connectivity index (χ3v) is 1.81. The maximum Gasteiger partial charge on any atom is 0.0645 e. The maximum atomic E-state index is 7.62. The Morgan fingerprint density at radius 3 is 2.50 bits per heavy atom. The number of rotatable bonds is 0. The highest BCUT2D eigenvalue weighted by Crippen LogP contribution is 2.10. The first-order valence-corrected chi connectivity index (χ1v) is 3.45. The molecule has 0 saturated heterocycles. The van der Waals surface area contributed by atoms with Crippen LogP contribution in [0.5, 0.6) is 0 Å². The molecular formula is C9H13N. The summed E-state index contributed by atoms with van der Waals surface area (Å²) in [4.78, 5) is 4.25. The topological polar surface area (TPSA) is 12.9 Å². The van der Waals surface area contributed by atoms with E-state index in [0.29, 0.717) is 6.04 Å². The fourth-order valence-corrected chi connectivity index (χ4v) is 1.000. The summed E-state index contributed by atoms with van der Waals surface area (Å²) in [6.07, 6.45) is 0. The first-order chi connectivity index (χ1) is 5.04. The molecule has 0 fully saturated rings. The molecule has 0 unspecified atom stereocenters. The van der Waals surface area contributed by atoms with Crippen LogP contribution in [0.25, 0.3) is 0 Å². The smallest absolute Gasteiger partial charge is 0.0645 e. The zero-order valence-corrected chi connectivity index (χ0v) is 6.95. The lowest BCUT2D eigenvalue weighted by atomic mass is 10.1. The summed E-state index contributed by atoms with van der Waals surface area (Å²) >= 11 is 0. The molecule has 1 heterocycles. The lowest BCUT2D eigenvalue weighted by Crippen LogP contribution is -1.92. The van der Waals surface area contributed by atoms with Crippen molar-refractivity contribution in [1.29, 1.82) is 0 Å². The number of hydrogen-bond acceptors (Lipinski definition) is 1. The highest BCUT2D eigenvalue weighted by molar-refractivity contribution is 5.29. The summed E-state index contributed by atoms with van der Waals surface area (Å²) < 4.78 is 7.62. The molecule has 0 radical (unpaired) electrons. The summed E-state index contributed by atoms with van der Waals surface area (Å²) in [7, 11) is 0. The van der Waals surface area contributed by atoms with Gasteiger partial charge in [-0.25, -0.2) is 0 Å². The van der Waals surface area contributed by atoms with E-state index in [4.69, 9.17) is 1.37 Å². The Morgan fingerprint density at radius 2 is 1.90 bits per heavy atom. The van der Waals surface area contributed by atoms with Crippen molar-refractivity contribution in [3.63, 3.8) is 0 Å². The van der Waals surface area contributed by atoms with Crippen molar-refractivity contribution >= 4 is 0 Å². The van der Waals surface area contributed by atoms with E-state index >= 15 is 0 Å². The van der Waals surface area contributed by atoms with Crippen LogP contribution in [0.2, 0.25) is 0 Å². The van der Waals surface area contributed by atoms with E-state index < -0.39 is 0 Å². The molecule has 0 amide bonds. The van der Waals surface area contributed by atoms with Gasteiger partial charge in [0.25, 0.3) is 0 Å². The Morgan fingerprint density at radius 1 is 1.30 bits per heavy atom. The molecular weight excluding hydrogens is 122 g/mol. The number of pyridine rings is 1. The highest BCUT2D eigenvalue weighted by Gasteiger charge is 1.97. The molecule has 1 aromatic rings. The molecule has 0 atom stereocenters. The first kappa shape index (κ1) is 5.90. The third-order valence-electron chi connectivity index (χ3n) is 1.81. The van der Waals surface area contributed by atoms with Crippen LogP contribution in [0.1, 0.15) is 23.9 Å². The van der Waals surface area contributed by atoms with Crippen molar-refractivity contribution in [2.24, 2.45) is 0 Å². The summed E-state index contributed by atoms with van der Waals surface area (Å²) in [5.74, 6) is 0. The molecule has 54 valence electrons. The van der Waals surface area contributed by atoms with Crippen molar-refractivity contribution in [1.82, 2.24) is 4.98 Å². The zero-order chi connectivity index (χ0) is 8.59. The Labute approximate surface area is 63.5 Å². The third kappa shape index (κ3) is 1.18. The van der Waals surface area contributed by atoms with Crippen LogP contribution in [0.15, 0.2) is 6.04 Å². The first-order valence-electron chi connectivity index (χ1n) is 3.95. The minimum absolute atomic E-state index is 0.577. The summed E-state index contributed by atoms with van der Waals surface area (Å²) in [6, 6.07) is 0.577. The predicted octanol–water partition coefficient (Wildman–Crippen LogP) is 2.32. The maximum absolute atomic E-state index is 7.62. The Hall–Kier alpha value is -0.850. The molecule has 0 aromatic carbocycles. The molecule has 0 aliphatic rings. The monoisotopic (exact) mass is 136 g/mol. The van der Waals surface area contributed by atoms with Crippen molar-refractivity contribution in [2.45, 2.75) is 27.7 Å². The zero-order valence-electron chi connectivity index (χ0n) is 7.95. The van der Waals surface area contributed by atoms with Gasteiger partial charge < -0.3 is 0 Å². The van der Waals surface area contributed by atoms with E-state index in [1.54, 1.807) is 0 Å². The average molecular weight is 136 g/mol. The number of nitrogens with zero attached hydrogens (tertiary/aromatic N) is 1. The van der Waals surface area contributed by atoms with Crippen LogP contribution in [0.4, 0.5) is 0 Å². The molecule has 0 aliphatic heterocycles. The predicted molar refractivity (Wildman–Crippen MR) is 43.2 cm³/mol. The van der Waals surface area contributed by atoms with Gasteiger partial charge in [0.2, 0.25) is 0 Å². The quantitative estimate of drug-likeness (QED) is 0.533. The normalized spacial score (nSPS) is 11.4. The molecule has 0 N–H and O–H groups in total. The number of aryl methyl sites for hydroxylation is 2. The number of hydrogen-bond donors (Lipinski definition) is 0. The molecule has 1 heteroatoms. The van der Waals surface area contributed by atoms with Gasteiger partial charge in [-0.1, -0.05) is 0 Å². The van der Waals surface area contributed by atoms with Gasteiger partial charge in [-0.15, -0.1) is 0 Å². The number of aromatic nitrogens is 1. The minimum Gasteiger partial charge on any atom is -0.258 e. The second kappa shape index (κ2) is 2.41.